The van der Waals surface area contributed by atoms with Crippen LogP contribution in [0.4, 0.5) is 5.82 Å². The Labute approximate surface area is 124 Å². The van der Waals surface area contributed by atoms with Crippen molar-refractivity contribution in [2.75, 3.05) is 5.32 Å². The van der Waals surface area contributed by atoms with Gasteiger partial charge in [0, 0.05) is 11.5 Å². The highest BCUT2D eigenvalue weighted by molar-refractivity contribution is 5.80. The van der Waals surface area contributed by atoms with Crippen LogP contribution in [0.2, 0.25) is 0 Å². The molecule has 1 aliphatic rings. The van der Waals surface area contributed by atoms with Gasteiger partial charge in [0.05, 0.1) is 24.2 Å². The molecule has 0 saturated carbocycles. The van der Waals surface area contributed by atoms with Crippen LogP contribution in [0, 0.1) is 17.2 Å². The summed E-state index contributed by atoms with van der Waals surface area (Å²) in [6.07, 6.45) is 2.40. The van der Waals surface area contributed by atoms with Crippen molar-refractivity contribution in [3.63, 3.8) is 0 Å². The van der Waals surface area contributed by atoms with E-state index in [1.165, 1.54) is 0 Å². The van der Waals surface area contributed by atoms with Crippen molar-refractivity contribution >= 4 is 23.1 Å². The minimum Gasteiger partial charge on any atom is -0.359 e. The highest BCUT2D eigenvalue weighted by Gasteiger charge is 2.40. The molecule has 0 radical (unpaired) electrons. The van der Waals surface area contributed by atoms with Gasteiger partial charge in [0.15, 0.2) is 0 Å². The Morgan fingerprint density at radius 1 is 1.32 bits per heavy atom. The smallest absolute Gasteiger partial charge is 0.143 e. The van der Waals surface area contributed by atoms with Crippen molar-refractivity contribution in [1.29, 1.82) is 5.26 Å². The third kappa shape index (κ3) is 1.62. The van der Waals surface area contributed by atoms with Gasteiger partial charge in [-0.3, -0.25) is 5.10 Å². The maximum absolute atomic E-state index is 11.4. The summed E-state index contributed by atoms with van der Waals surface area (Å²) in [6, 6.07) is 7.08. The molecule has 22 heavy (non-hydrogen) atoms. The molecule has 8 nitrogen and oxygen atoms in total. The van der Waals surface area contributed by atoms with E-state index in [2.05, 4.69) is 31.9 Å². The zero-order chi connectivity index (χ0) is 15.1. The maximum Gasteiger partial charge on any atom is 0.143 e. The fourth-order valence-corrected chi connectivity index (χ4v) is 3.02. The van der Waals surface area contributed by atoms with Gasteiger partial charge in [0.1, 0.15) is 23.1 Å². The number of hydrogen-bond donors (Lipinski definition) is 2. The lowest BCUT2D eigenvalue weighted by Gasteiger charge is -2.32. The number of carbonyl (C=O) groups excluding carboxylic acids is 1. The fraction of sp³-hybridized carbons (Fsp3) is 0.214. The predicted molar refractivity (Wildman–Crippen MR) is 74.8 cm³/mol. The molecule has 0 bridgehead atoms. The number of rotatable bonds is 2. The van der Waals surface area contributed by atoms with E-state index in [0.29, 0.717) is 16.9 Å². The average molecular weight is 294 g/mol. The summed E-state index contributed by atoms with van der Waals surface area (Å²) < 4.78 is 4.80. The third-order valence-electron chi connectivity index (χ3n) is 4.01. The number of nitrogens with one attached hydrogen (secondary N) is 2. The number of aromatic amines is 1. The van der Waals surface area contributed by atoms with Gasteiger partial charge in [-0.2, -0.15) is 10.4 Å². The molecule has 3 aromatic rings. The van der Waals surface area contributed by atoms with Gasteiger partial charge in [0.25, 0.3) is 0 Å². The molecule has 1 aromatic carbocycles. The Balaban J connectivity index is 1.97. The van der Waals surface area contributed by atoms with Gasteiger partial charge < -0.3 is 10.1 Å². The molecule has 2 N–H and O–H groups in total. The third-order valence-corrected chi connectivity index (χ3v) is 4.01. The quantitative estimate of drug-likeness (QED) is 0.681. The zero-order valence-corrected chi connectivity index (χ0v) is 11.2. The second-order valence-corrected chi connectivity index (χ2v) is 5.12. The molecule has 108 valence electrons. The summed E-state index contributed by atoms with van der Waals surface area (Å²) >= 11 is 0. The van der Waals surface area contributed by atoms with E-state index >= 15 is 0 Å². The zero-order valence-electron chi connectivity index (χ0n) is 11.2. The van der Waals surface area contributed by atoms with Gasteiger partial charge in [-0.25, -0.2) is 4.63 Å². The monoisotopic (exact) mass is 294 g/mol. The fourth-order valence-electron chi connectivity index (χ4n) is 3.02. The number of hydrogen-bond acceptors (Lipinski definition) is 7. The number of fused-ring (bicyclic) bond motifs is 2. The second kappa shape index (κ2) is 4.66. The van der Waals surface area contributed by atoms with Gasteiger partial charge in [-0.1, -0.05) is 12.1 Å². The number of benzene rings is 1. The lowest BCUT2D eigenvalue weighted by Crippen LogP contribution is -2.38. The molecule has 0 aliphatic carbocycles. The number of nitriles is 1. The Morgan fingerprint density at radius 3 is 3.05 bits per heavy atom. The Kier molecular flexibility index (Phi) is 2.66. The summed E-state index contributed by atoms with van der Waals surface area (Å²) in [5, 5.41) is 27.2. The Hall–Kier alpha value is -3.21. The number of aldehydes is 1. The lowest BCUT2D eigenvalue weighted by molar-refractivity contribution is -0.109. The second-order valence-electron chi connectivity index (χ2n) is 5.12. The van der Waals surface area contributed by atoms with Crippen molar-refractivity contribution in [2.45, 2.75) is 12.0 Å². The van der Waals surface area contributed by atoms with E-state index in [-0.39, 0.29) is 5.92 Å². The van der Waals surface area contributed by atoms with Gasteiger partial charge in [-0.15, -0.1) is 0 Å². The van der Waals surface area contributed by atoms with Gasteiger partial charge in [0.2, 0.25) is 0 Å². The van der Waals surface area contributed by atoms with Crippen LogP contribution < -0.4 is 5.32 Å². The summed E-state index contributed by atoms with van der Waals surface area (Å²) in [5.41, 5.74) is 2.81. The first-order chi connectivity index (χ1) is 10.8. The molecule has 2 aromatic heterocycles. The number of carbonyl (C=O) groups is 1. The molecule has 0 fully saturated rings. The molecule has 8 heteroatoms. The van der Waals surface area contributed by atoms with E-state index in [1.807, 2.05) is 12.1 Å². The maximum atomic E-state index is 11.4. The standard InChI is InChI=1S/C14H10N6O2/c15-4-8-11(6-21)17-14-9(5-16-18-14)12(8)7-2-1-3-10-13(7)20-22-19-10/h1-3,5-6,8,11-12H,(H2,16,17,18). The van der Waals surface area contributed by atoms with Crippen molar-refractivity contribution < 1.29 is 9.42 Å². The Bertz CT molecular complexity index is 892. The minimum atomic E-state index is -0.627. The summed E-state index contributed by atoms with van der Waals surface area (Å²) in [6.45, 7) is 0. The molecular weight excluding hydrogens is 284 g/mol. The first kappa shape index (κ1) is 12.5. The van der Waals surface area contributed by atoms with Crippen molar-refractivity contribution in [1.82, 2.24) is 20.5 Å². The molecule has 0 spiro atoms. The molecule has 4 rings (SSSR count). The first-order valence-electron chi connectivity index (χ1n) is 6.69. The van der Waals surface area contributed by atoms with Gasteiger partial charge >= 0.3 is 0 Å². The summed E-state index contributed by atoms with van der Waals surface area (Å²) in [4.78, 5) is 11.4. The summed E-state index contributed by atoms with van der Waals surface area (Å²) in [5.74, 6) is -0.280. The van der Waals surface area contributed by atoms with Gasteiger partial charge in [-0.05, 0) is 21.9 Å². The predicted octanol–water partition coefficient (Wildman–Crippen LogP) is 1.21. The van der Waals surface area contributed by atoms with Crippen molar-refractivity contribution in [3.8, 4) is 6.07 Å². The van der Waals surface area contributed by atoms with Crippen LogP contribution in [0.1, 0.15) is 17.0 Å². The molecule has 3 unspecified atom stereocenters. The highest BCUT2D eigenvalue weighted by atomic mass is 16.6. The van der Waals surface area contributed by atoms with Crippen molar-refractivity contribution in [3.05, 3.63) is 35.5 Å². The Morgan fingerprint density at radius 2 is 2.23 bits per heavy atom. The molecule has 1 aliphatic heterocycles. The lowest BCUT2D eigenvalue weighted by atomic mass is 9.76. The van der Waals surface area contributed by atoms with Crippen LogP contribution in [0.5, 0.6) is 0 Å². The van der Waals surface area contributed by atoms with Crippen LogP contribution in [0.15, 0.2) is 29.0 Å². The highest BCUT2D eigenvalue weighted by Crippen LogP contribution is 2.42. The number of nitrogens with zero attached hydrogens (tertiary/aromatic N) is 4. The van der Waals surface area contributed by atoms with E-state index in [0.717, 1.165) is 17.4 Å². The molecule has 3 atom stereocenters. The minimum absolute atomic E-state index is 0.342. The molecular formula is C14H10N6O2. The van der Waals surface area contributed by atoms with Crippen molar-refractivity contribution in [2.24, 2.45) is 5.92 Å². The largest absolute Gasteiger partial charge is 0.359 e. The average Bonchev–Trinajstić information content (AvgIpc) is 3.20. The molecule has 0 saturated heterocycles. The SMILES string of the molecule is N#CC1C(C=O)Nc2[nH]ncc2C1c1cccc2nonc12. The number of anilines is 1. The van der Waals surface area contributed by atoms with Crippen LogP contribution in [0.3, 0.4) is 0 Å². The van der Waals surface area contributed by atoms with Crippen LogP contribution >= 0.6 is 0 Å². The molecule has 3 heterocycles. The topological polar surface area (TPSA) is 120 Å². The summed E-state index contributed by atoms with van der Waals surface area (Å²) in [7, 11) is 0. The van der Waals surface area contributed by atoms with E-state index in [1.54, 1.807) is 12.3 Å². The van der Waals surface area contributed by atoms with E-state index in [9.17, 15) is 10.1 Å². The normalized spacial score (nSPS) is 23.5. The number of H-pyrrole nitrogens is 1. The van der Waals surface area contributed by atoms with E-state index < -0.39 is 12.0 Å². The van der Waals surface area contributed by atoms with Crippen LogP contribution in [0.25, 0.3) is 11.0 Å². The first-order valence-corrected chi connectivity index (χ1v) is 6.69. The van der Waals surface area contributed by atoms with Crippen LogP contribution in [-0.4, -0.2) is 32.8 Å². The molecule has 0 amide bonds. The number of aromatic nitrogens is 4. The van der Waals surface area contributed by atoms with E-state index in [4.69, 9.17) is 4.63 Å². The van der Waals surface area contributed by atoms with Crippen LogP contribution in [-0.2, 0) is 4.79 Å².